The monoisotopic (exact) mass is 327 g/mol. The van der Waals surface area contributed by atoms with E-state index in [-0.39, 0.29) is 6.54 Å². The van der Waals surface area contributed by atoms with Gasteiger partial charge in [0.05, 0.1) is 5.52 Å². The number of aryl methyl sites for hydroxylation is 1. The number of nitrogens with one attached hydrogen (secondary N) is 1. The molecule has 3 rings (SSSR count). The maximum Gasteiger partial charge on any atom is 0.331 e. The lowest BCUT2D eigenvalue weighted by atomic mass is 10.1. The second-order valence-electron chi connectivity index (χ2n) is 5.52. The fourth-order valence-electron chi connectivity index (χ4n) is 2.83. The van der Waals surface area contributed by atoms with Crippen LogP contribution in [0.5, 0.6) is 0 Å². The van der Waals surface area contributed by atoms with Crippen LogP contribution in [-0.2, 0) is 25.4 Å². The van der Waals surface area contributed by atoms with E-state index in [1.165, 1.54) is 11.6 Å². The average molecular weight is 327 g/mol. The number of fused-ring (bicyclic) bond motifs is 1. The van der Waals surface area contributed by atoms with Gasteiger partial charge in [-0.05, 0) is 5.56 Å². The molecule has 0 atom stereocenters. The Hall–Kier alpha value is -3.13. The van der Waals surface area contributed by atoms with Crippen molar-refractivity contribution in [2.75, 3.05) is 0 Å². The van der Waals surface area contributed by atoms with Gasteiger partial charge in [-0.2, -0.15) is 0 Å². The molecule has 2 aromatic heterocycles. The van der Waals surface area contributed by atoms with Crippen molar-refractivity contribution in [3.63, 3.8) is 0 Å². The van der Waals surface area contributed by atoms with Crippen LogP contribution in [0.4, 0.5) is 0 Å². The van der Waals surface area contributed by atoms with E-state index >= 15 is 0 Å². The lowest BCUT2D eigenvalue weighted by Crippen LogP contribution is -2.42. The zero-order chi connectivity index (χ0) is 17.4. The third-order valence-electron chi connectivity index (χ3n) is 4.00. The van der Waals surface area contributed by atoms with E-state index in [0.29, 0.717) is 16.6 Å². The van der Waals surface area contributed by atoms with E-state index in [2.05, 4.69) is 0 Å². The van der Waals surface area contributed by atoms with Crippen molar-refractivity contribution in [2.45, 2.75) is 6.54 Å². The van der Waals surface area contributed by atoms with Crippen LogP contribution in [0.15, 0.2) is 46.1 Å². The Morgan fingerprint density at radius 1 is 1.12 bits per heavy atom. The summed E-state index contributed by atoms with van der Waals surface area (Å²) in [7, 11) is 3.12. The average Bonchev–Trinajstić information content (AvgIpc) is 2.94. The summed E-state index contributed by atoms with van der Waals surface area (Å²) >= 11 is 0. The molecule has 2 heterocycles. The minimum atomic E-state index is -0.570. The molecule has 0 radical (unpaired) electrons. The molecule has 8 nitrogen and oxygen atoms in total. The van der Waals surface area contributed by atoms with Gasteiger partial charge in [0, 0.05) is 25.9 Å². The number of aromatic nitrogens is 3. The van der Waals surface area contributed by atoms with Gasteiger partial charge < -0.3 is 4.57 Å². The van der Waals surface area contributed by atoms with Crippen LogP contribution in [-0.4, -0.2) is 19.6 Å². The molecule has 0 fully saturated rings. The number of carbonyl (C=O) groups is 1. The van der Waals surface area contributed by atoms with E-state index in [0.717, 1.165) is 10.1 Å². The second-order valence-corrected chi connectivity index (χ2v) is 5.52. The van der Waals surface area contributed by atoms with Gasteiger partial charge in [0.25, 0.3) is 11.5 Å². The van der Waals surface area contributed by atoms with Crippen LogP contribution in [0.1, 0.15) is 0 Å². The summed E-state index contributed by atoms with van der Waals surface area (Å²) in [6.07, 6.45) is 1.78. The molecule has 1 aromatic carbocycles. The minimum absolute atomic E-state index is 0.274. The summed E-state index contributed by atoms with van der Waals surface area (Å²) < 4.78 is 3.92. The van der Waals surface area contributed by atoms with Crippen molar-refractivity contribution in [1.82, 2.24) is 19.1 Å². The van der Waals surface area contributed by atoms with Crippen LogP contribution in [0, 0.1) is 0 Å². The predicted octanol–water partition coefficient (Wildman–Crippen LogP) is -0.304. The molecule has 24 heavy (non-hydrogen) atoms. The molecule has 0 saturated heterocycles. The molecule has 0 aliphatic rings. The fourth-order valence-corrected chi connectivity index (χ4v) is 2.83. The second kappa shape index (κ2) is 5.82. The molecule has 0 unspecified atom stereocenters. The van der Waals surface area contributed by atoms with Crippen LogP contribution in [0.3, 0.4) is 0 Å². The Morgan fingerprint density at radius 3 is 2.42 bits per heavy atom. The number of carbonyl (C=O) groups excluding carboxylic acids is 1. The number of hydrogen-bond acceptors (Lipinski definition) is 4. The molecular formula is C16H17N5O3. The Kier molecular flexibility index (Phi) is 3.82. The van der Waals surface area contributed by atoms with Crippen molar-refractivity contribution in [1.29, 1.82) is 0 Å². The van der Waals surface area contributed by atoms with Gasteiger partial charge in [-0.25, -0.2) is 10.6 Å². The van der Waals surface area contributed by atoms with Gasteiger partial charge in [-0.1, -0.05) is 30.3 Å². The molecule has 3 N–H and O–H groups in total. The van der Waals surface area contributed by atoms with Crippen LogP contribution in [0.25, 0.3) is 22.2 Å². The predicted molar refractivity (Wildman–Crippen MR) is 90.2 cm³/mol. The van der Waals surface area contributed by atoms with Crippen LogP contribution < -0.4 is 22.5 Å². The zero-order valence-electron chi connectivity index (χ0n) is 13.3. The van der Waals surface area contributed by atoms with Crippen LogP contribution >= 0.6 is 0 Å². The molecule has 0 spiro atoms. The largest absolute Gasteiger partial charge is 0.344 e. The highest BCUT2D eigenvalue weighted by atomic mass is 16.2. The van der Waals surface area contributed by atoms with Crippen molar-refractivity contribution < 1.29 is 4.79 Å². The molecule has 0 aliphatic carbocycles. The van der Waals surface area contributed by atoms with Gasteiger partial charge in [-0.15, -0.1) is 0 Å². The summed E-state index contributed by atoms with van der Waals surface area (Å²) in [5, 5.41) is 0. The number of hydrogen-bond donors (Lipinski definition) is 2. The molecular weight excluding hydrogens is 310 g/mol. The van der Waals surface area contributed by atoms with E-state index in [4.69, 9.17) is 5.84 Å². The third kappa shape index (κ3) is 2.33. The third-order valence-corrected chi connectivity index (χ3v) is 4.00. The molecule has 124 valence electrons. The maximum absolute atomic E-state index is 12.5. The summed E-state index contributed by atoms with van der Waals surface area (Å²) in [6.45, 7) is -0.274. The standard InChI is InChI=1S/C16H17N5O3/c1-19-8-11(10-6-4-3-5-7-10)13-14(19)15(23)20(2)16(24)21(13)9-12(22)18-17/h3-8H,9,17H2,1-2H3,(H,18,22). The van der Waals surface area contributed by atoms with Crippen molar-refractivity contribution in [2.24, 2.45) is 19.9 Å². The van der Waals surface area contributed by atoms with E-state index in [1.54, 1.807) is 17.8 Å². The van der Waals surface area contributed by atoms with Crippen molar-refractivity contribution in [3.8, 4) is 11.1 Å². The Morgan fingerprint density at radius 2 is 1.79 bits per heavy atom. The number of hydrazine groups is 1. The molecule has 0 bridgehead atoms. The minimum Gasteiger partial charge on any atom is -0.344 e. The first kappa shape index (κ1) is 15.8. The number of rotatable bonds is 3. The molecule has 8 heteroatoms. The first-order chi connectivity index (χ1) is 11.5. The fraction of sp³-hybridized carbons (Fsp3) is 0.188. The smallest absolute Gasteiger partial charge is 0.331 e. The van der Waals surface area contributed by atoms with Gasteiger partial charge >= 0.3 is 5.69 Å². The molecule has 0 aliphatic heterocycles. The highest BCUT2D eigenvalue weighted by Gasteiger charge is 2.20. The van der Waals surface area contributed by atoms with Crippen LogP contribution in [0.2, 0.25) is 0 Å². The van der Waals surface area contributed by atoms with E-state index in [1.807, 2.05) is 35.8 Å². The van der Waals surface area contributed by atoms with Gasteiger partial charge in [0.2, 0.25) is 0 Å². The first-order valence-corrected chi connectivity index (χ1v) is 7.29. The lowest BCUT2D eigenvalue weighted by Gasteiger charge is -2.11. The Balaban J connectivity index is 2.46. The maximum atomic E-state index is 12.5. The van der Waals surface area contributed by atoms with Gasteiger partial charge in [0.15, 0.2) is 0 Å². The number of benzene rings is 1. The normalized spacial score (nSPS) is 11.0. The summed E-state index contributed by atoms with van der Waals surface area (Å²) in [5.41, 5.74) is 3.34. The van der Waals surface area contributed by atoms with Gasteiger partial charge in [0.1, 0.15) is 12.1 Å². The summed E-state index contributed by atoms with van der Waals surface area (Å²) in [4.78, 5) is 36.8. The topological polar surface area (TPSA) is 104 Å². The highest BCUT2D eigenvalue weighted by Crippen LogP contribution is 2.27. The Bertz CT molecular complexity index is 1040. The highest BCUT2D eigenvalue weighted by molar-refractivity contribution is 5.93. The first-order valence-electron chi connectivity index (χ1n) is 7.29. The SMILES string of the molecule is Cn1c(=O)c2c(c(-c3ccccc3)cn2C)n(CC(=O)NN)c1=O. The van der Waals surface area contributed by atoms with E-state index < -0.39 is 17.2 Å². The quantitative estimate of drug-likeness (QED) is 0.391. The molecule has 3 aromatic rings. The number of nitrogens with two attached hydrogens (primary N) is 1. The van der Waals surface area contributed by atoms with E-state index in [9.17, 15) is 14.4 Å². The van der Waals surface area contributed by atoms with Crippen molar-refractivity contribution >= 4 is 16.9 Å². The van der Waals surface area contributed by atoms with Gasteiger partial charge in [-0.3, -0.25) is 24.1 Å². The Labute approximate surface area is 136 Å². The summed E-state index contributed by atoms with van der Waals surface area (Å²) in [6, 6.07) is 9.37. The van der Waals surface area contributed by atoms with Crippen molar-refractivity contribution in [3.05, 3.63) is 57.4 Å². The molecule has 1 amide bonds. The number of amides is 1. The summed E-state index contributed by atoms with van der Waals surface area (Å²) in [5.74, 6) is 4.62. The lowest BCUT2D eigenvalue weighted by molar-refractivity contribution is -0.121. The molecule has 0 saturated carbocycles. The zero-order valence-corrected chi connectivity index (χ0v) is 13.3. The number of nitrogens with zero attached hydrogens (tertiary/aromatic N) is 3.